The molecule has 1 heterocycles. The zero-order valence-electron chi connectivity index (χ0n) is 31.4. The maximum atomic E-state index is 2.46. The van der Waals surface area contributed by atoms with Gasteiger partial charge in [0.05, 0.1) is 0 Å². The molecule has 10 rings (SSSR count). The molecule has 0 aliphatic carbocycles. The third-order valence-corrected chi connectivity index (χ3v) is 17.1. The summed E-state index contributed by atoms with van der Waals surface area (Å²) >= 11 is 1.87. The highest BCUT2D eigenvalue weighted by atomic mass is 32.1. The molecule has 0 aliphatic rings. The molecule has 0 aliphatic heterocycles. The quantitative estimate of drug-likeness (QED) is 0.105. The van der Waals surface area contributed by atoms with Crippen LogP contribution < -0.4 is 25.6 Å². The van der Waals surface area contributed by atoms with Crippen molar-refractivity contribution in [1.82, 2.24) is 0 Å². The van der Waals surface area contributed by atoms with Gasteiger partial charge in [-0.25, -0.2) is 0 Å². The molecule has 10 aromatic rings. The maximum absolute atomic E-state index is 2.76. The predicted molar refractivity (Wildman–Crippen MR) is 249 cm³/mol. The average molecular weight is 762 g/mol. The lowest BCUT2D eigenvalue weighted by Crippen LogP contribution is -2.74. The zero-order valence-corrected chi connectivity index (χ0v) is 33.2. The Morgan fingerprint density at radius 2 is 0.684 bits per heavy atom. The summed E-state index contributed by atoms with van der Waals surface area (Å²) in [5.41, 5.74) is 8.28. The van der Waals surface area contributed by atoms with Crippen LogP contribution in [0.15, 0.2) is 237 Å². The number of hydrogen-bond donors (Lipinski definition) is 0. The first kappa shape index (κ1) is 34.7. The van der Waals surface area contributed by atoms with Gasteiger partial charge in [0.15, 0.2) is 8.07 Å². The van der Waals surface area contributed by atoms with Crippen molar-refractivity contribution in [3.05, 3.63) is 237 Å². The first-order chi connectivity index (χ1) is 28.3. The van der Waals surface area contributed by atoms with Crippen molar-refractivity contribution >= 4 is 77.4 Å². The van der Waals surface area contributed by atoms with E-state index in [0.29, 0.717) is 0 Å². The molecule has 57 heavy (non-hydrogen) atoms. The van der Waals surface area contributed by atoms with Crippen LogP contribution in [0.3, 0.4) is 0 Å². The molecule has 1 nitrogen and oxygen atoms in total. The number of rotatable bonds is 9. The second-order valence-electron chi connectivity index (χ2n) is 14.5. The predicted octanol–water partition coefficient (Wildman–Crippen LogP) is 12.2. The molecule has 270 valence electrons. The van der Waals surface area contributed by atoms with Crippen LogP contribution in [0.5, 0.6) is 0 Å². The molecule has 0 fully saturated rings. The van der Waals surface area contributed by atoms with Gasteiger partial charge in [-0.05, 0) is 85.5 Å². The van der Waals surface area contributed by atoms with E-state index in [4.69, 9.17) is 0 Å². The van der Waals surface area contributed by atoms with Gasteiger partial charge in [0.1, 0.15) is 0 Å². The Kier molecular flexibility index (Phi) is 9.15. The number of hydrogen-bond acceptors (Lipinski definition) is 2. The smallest absolute Gasteiger partial charge is 0.179 e. The summed E-state index contributed by atoms with van der Waals surface area (Å²) in [7, 11) is -2.76. The summed E-state index contributed by atoms with van der Waals surface area (Å²) in [6, 6.07) is 87.1. The van der Waals surface area contributed by atoms with E-state index in [1.165, 1.54) is 63.2 Å². The van der Waals surface area contributed by atoms with Crippen LogP contribution >= 0.6 is 11.3 Å². The monoisotopic (exact) mass is 761 g/mol. The minimum Gasteiger partial charge on any atom is -0.310 e. The fourth-order valence-corrected chi connectivity index (χ4v) is 14.5. The topological polar surface area (TPSA) is 3.24 Å². The Balaban J connectivity index is 1.17. The summed E-state index contributed by atoms with van der Waals surface area (Å²) < 4.78 is 2.57. The molecule has 3 heteroatoms. The Hall–Kier alpha value is -6.78. The molecular formula is C54H39NSSi. The van der Waals surface area contributed by atoms with Gasteiger partial charge in [-0.1, -0.05) is 194 Å². The van der Waals surface area contributed by atoms with Gasteiger partial charge in [-0.3, -0.25) is 0 Å². The van der Waals surface area contributed by atoms with Crippen molar-refractivity contribution in [2.24, 2.45) is 0 Å². The number of anilines is 3. The van der Waals surface area contributed by atoms with Crippen LogP contribution in [0.4, 0.5) is 17.1 Å². The van der Waals surface area contributed by atoms with Crippen molar-refractivity contribution in [3.8, 4) is 22.3 Å². The lowest BCUT2D eigenvalue weighted by Gasteiger charge is -2.35. The average Bonchev–Trinajstić information content (AvgIpc) is 3.66. The minimum absolute atomic E-state index is 1.12. The standard InChI is InChI=1S/C54H39NSSi/c1-6-17-40(18-7-1)42-29-32-44(33-30-42)55(46-34-36-52-51-35-31-43(41-19-8-2-9-20-41)37-53(51)56-54(52)39-46)45-21-16-28-50(38-45)57(47-22-10-3-11-23-47,48-24-12-4-13-25-48)49-26-14-5-15-27-49/h1-39H. The van der Waals surface area contributed by atoms with Crippen molar-refractivity contribution < 1.29 is 0 Å². The highest BCUT2D eigenvalue weighted by molar-refractivity contribution is 7.26. The highest BCUT2D eigenvalue weighted by Crippen LogP contribution is 2.42. The first-order valence-corrected chi connectivity index (χ1v) is 22.3. The molecular weight excluding hydrogens is 723 g/mol. The third-order valence-electron chi connectivity index (χ3n) is 11.2. The van der Waals surface area contributed by atoms with Gasteiger partial charge in [0.2, 0.25) is 0 Å². The Bertz CT molecular complexity index is 2830. The van der Waals surface area contributed by atoms with Gasteiger partial charge in [-0.2, -0.15) is 0 Å². The van der Waals surface area contributed by atoms with E-state index in [0.717, 1.165) is 17.1 Å². The van der Waals surface area contributed by atoms with Crippen LogP contribution in [-0.2, 0) is 0 Å². The van der Waals surface area contributed by atoms with Crippen LogP contribution in [0, 0.1) is 0 Å². The number of fused-ring (bicyclic) bond motifs is 3. The van der Waals surface area contributed by atoms with E-state index in [1.54, 1.807) is 0 Å². The first-order valence-electron chi connectivity index (χ1n) is 19.5. The van der Waals surface area contributed by atoms with E-state index in [9.17, 15) is 0 Å². The fraction of sp³-hybridized carbons (Fsp3) is 0. The van der Waals surface area contributed by atoms with Gasteiger partial charge < -0.3 is 4.90 Å². The molecule has 1 aromatic heterocycles. The summed E-state index contributed by atoms with van der Waals surface area (Å²) in [6.07, 6.45) is 0. The fourth-order valence-electron chi connectivity index (χ4n) is 8.54. The lowest BCUT2D eigenvalue weighted by atomic mass is 10.0. The molecule has 0 N–H and O–H groups in total. The van der Waals surface area contributed by atoms with Crippen molar-refractivity contribution in [2.75, 3.05) is 4.90 Å². The van der Waals surface area contributed by atoms with Crippen molar-refractivity contribution in [1.29, 1.82) is 0 Å². The zero-order chi connectivity index (χ0) is 38.0. The maximum Gasteiger partial charge on any atom is 0.179 e. The molecule has 0 bridgehead atoms. The van der Waals surface area contributed by atoms with Crippen LogP contribution in [-0.4, -0.2) is 8.07 Å². The summed E-state index contributed by atoms with van der Waals surface area (Å²) in [5, 5.41) is 8.01. The van der Waals surface area contributed by atoms with E-state index in [2.05, 4.69) is 241 Å². The molecule has 0 saturated heterocycles. The lowest BCUT2D eigenvalue weighted by molar-refractivity contribution is 1.29. The molecule has 0 amide bonds. The van der Waals surface area contributed by atoms with E-state index < -0.39 is 8.07 Å². The van der Waals surface area contributed by atoms with E-state index in [-0.39, 0.29) is 0 Å². The van der Waals surface area contributed by atoms with Gasteiger partial charge in [-0.15, -0.1) is 11.3 Å². The van der Waals surface area contributed by atoms with Gasteiger partial charge in [0, 0.05) is 37.2 Å². The normalized spacial score (nSPS) is 11.5. The SMILES string of the molecule is c1ccc(-c2ccc(N(c3cccc([Si](c4ccccc4)(c4ccccc4)c4ccccc4)c3)c3ccc4c(c3)sc3cc(-c5ccccc5)ccc34)cc2)cc1. The molecule has 0 spiro atoms. The number of benzene rings is 9. The van der Waals surface area contributed by atoms with Crippen LogP contribution in [0.2, 0.25) is 0 Å². The van der Waals surface area contributed by atoms with Crippen LogP contribution in [0.1, 0.15) is 0 Å². The number of thiophene rings is 1. The summed E-state index contributed by atoms with van der Waals surface area (Å²) in [5.74, 6) is 0. The summed E-state index contributed by atoms with van der Waals surface area (Å²) in [4.78, 5) is 2.44. The molecule has 0 atom stereocenters. The molecule has 0 radical (unpaired) electrons. The molecule has 0 unspecified atom stereocenters. The van der Waals surface area contributed by atoms with Crippen LogP contribution in [0.25, 0.3) is 42.4 Å². The number of nitrogens with zero attached hydrogens (tertiary/aromatic N) is 1. The van der Waals surface area contributed by atoms with E-state index in [1.807, 2.05) is 11.3 Å². The minimum atomic E-state index is -2.76. The second kappa shape index (κ2) is 15.0. The highest BCUT2D eigenvalue weighted by Gasteiger charge is 2.41. The second-order valence-corrected chi connectivity index (χ2v) is 19.4. The third kappa shape index (κ3) is 6.37. The van der Waals surface area contributed by atoms with Crippen molar-refractivity contribution in [2.45, 2.75) is 0 Å². The van der Waals surface area contributed by atoms with Crippen molar-refractivity contribution in [3.63, 3.8) is 0 Å². The van der Waals surface area contributed by atoms with E-state index >= 15 is 0 Å². The summed E-state index contributed by atoms with van der Waals surface area (Å²) in [6.45, 7) is 0. The Morgan fingerprint density at radius 1 is 0.281 bits per heavy atom. The largest absolute Gasteiger partial charge is 0.310 e. The Morgan fingerprint density at radius 3 is 1.25 bits per heavy atom. The van der Waals surface area contributed by atoms with Gasteiger partial charge in [0.25, 0.3) is 0 Å². The molecule has 9 aromatic carbocycles. The van der Waals surface area contributed by atoms with Gasteiger partial charge >= 0.3 is 0 Å². The Labute approximate surface area is 339 Å². The molecule has 0 saturated carbocycles.